The molecule has 0 bridgehead atoms. The molecule has 0 saturated carbocycles. The molecule has 0 radical (unpaired) electrons. The molecule has 2 saturated heterocycles. The van der Waals surface area contributed by atoms with Crippen LogP contribution >= 0.6 is 0 Å². The number of carbonyl (C=O) groups is 1. The molecule has 1 amide bonds. The lowest BCUT2D eigenvalue weighted by Gasteiger charge is -2.36. The van der Waals surface area contributed by atoms with Crippen LogP contribution in [-0.4, -0.2) is 68.0 Å². The van der Waals surface area contributed by atoms with Crippen molar-refractivity contribution in [1.82, 2.24) is 14.5 Å². The van der Waals surface area contributed by atoms with Crippen LogP contribution in [0.5, 0.6) is 0 Å². The molecule has 6 nitrogen and oxygen atoms in total. The van der Waals surface area contributed by atoms with Gasteiger partial charge >= 0.3 is 0 Å². The molecule has 3 atom stereocenters. The predicted octanol–water partition coefficient (Wildman–Crippen LogP) is 1.04. The van der Waals surface area contributed by atoms with Gasteiger partial charge in [-0.3, -0.25) is 9.69 Å². The summed E-state index contributed by atoms with van der Waals surface area (Å²) in [6.45, 7) is 7.60. The number of nitrogens with one attached hydrogen (secondary N) is 1. The lowest BCUT2D eigenvalue weighted by Crippen LogP contribution is -2.54. The smallest absolute Gasteiger partial charge is 0.238 e. The van der Waals surface area contributed by atoms with Crippen LogP contribution in [0.15, 0.2) is 0 Å². The van der Waals surface area contributed by atoms with Crippen molar-refractivity contribution in [2.45, 2.75) is 58.0 Å². The van der Waals surface area contributed by atoms with Crippen LogP contribution in [0.1, 0.15) is 46.0 Å². The molecular weight excluding hydrogens is 314 g/mol. The summed E-state index contributed by atoms with van der Waals surface area (Å²) in [5.74, 6) is 0.563. The molecular formula is C16H31N3O3S. The summed E-state index contributed by atoms with van der Waals surface area (Å²) in [6, 6.07) is -0.247. The molecule has 0 aromatic rings. The van der Waals surface area contributed by atoms with Crippen molar-refractivity contribution >= 4 is 15.9 Å². The molecule has 3 unspecified atom stereocenters. The highest BCUT2D eigenvalue weighted by Crippen LogP contribution is 2.20. The summed E-state index contributed by atoms with van der Waals surface area (Å²) in [7, 11) is -3.32. The molecule has 2 heterocycles. The van der Waals surface area contributed by atoms with Gasteiger partial charge in [-0.05, 0) is 45.1 Å². The summed E-state index contributed by atoms with van der Waals surface area (Å²) in [5.41, 5.74) is 0. The number of rotatable bonds is 5. The van der Waals surface area contributed by atoms with Gasteiger partial charge in [-0.25, -0.2) is 8.42 Å². The molecule has 2 rings (SSSR count). The minimum atomic E-state index is -3.32. The standard InChI is InChI=1S/C16H31N3O3S/c1-13-7-6-9-18(12-13)14(2)11-17-16(20)15-8-4-5-10-19(15)23(3,21)22/h13-15H,4-12H2,1-3H3,(H,17,20). The molecule has 0 aromatic carbocycles. The fourth-order valence-corrected chi connectivity index (χ4v) is 4.81. The van der Waals surface area contributed by atoms with Gasteiger partial charge in [0.15, 0.2) is 0 Å². The maximum Gasteiger partial charge on any atom is 0.238 e. The van der Waals surface area contributed by atoms with E-state index in [1.165, 1.54) is 23.4 Å². The molecule has 1 N–H and O–H groups in total. The molecule has 2 aliphatic heterocycles. The highest BCUT2D eigenvalue weighted by molar-refractivity contribution is 7.88. The first-order valence-electron chi connectivity index (χ1n) is 8.77. The molecule has 0 aliphatic carbocycles. The van der Waals surface area contributed by atoms with Crippen LogP contribution in [0.4, 0.5) is 0 Å². The van der Waals surface area contributed by atoms with Crippen LogP contribution in [-0.2, 0) is 14.8 Å². The van der Waals surface area contributed by atoms with E-state index in [-0.39, 0.29) is 11.9 Å². The number of hydrogen-bond donors (Lipinski definition) is 1. The second kappa shape index (κ2) is 7.94. The molecule has 0 aromatic heterocycles. The zero-order valence-electron chi connectivity index (χ0n) is 14.6. The van der Waals surface area contributed by atoms with Crippen molar-refractivity contribution in [2.75, 3.05) is 32.4 Å². The minimum Gasteiger partial charge on any atom is -0.353 e. The van der Waals surface area contributed by atoms with E-state index in [0.29, 0.717) is 25.4 Å². The highest BCUT2D eigenvalue weighted by atomic mass is 32.2. The Morgan fingerprint density at radius 3 is 2.61 bits per heavy atom. The molecule has 2 fully saturated rings. The normalized spacial score (nSPS) is 29.2. The summed E-state index contributed by atoms with van der Waals surface area (Å²) in [6.07, 6.45) is 6.04. The van der Waals surface area contributed by atoms with Gasteiger partial charge < -0.3 is 5.32 Å². The minimum absolute atomic E-state index is 0.146. The van der Waals surface area contributed by atoms with Crippen molar-refractivity contribution in [3.8, 4) is 0 Å². The third-order valence-electron chi connectivity index (χ3n) is 5.07. The fraction of sp³-hybridized carbons (Fsp3) is 0.938. The number of nitrogens with zero attached hydrogens (tertiary/aromatic N) is 2. The quantitative estimate of drug-likeness (QED) is 0.808. The predicted molar refractivity (Wildman–Crippen MR) is 91.6 cm³/mol. The number of likely N-dealkylation sites (tertiary alicyclic amines) is 1. The Morgan fingerprint density at radius 1 is 1.22 bits per heavy atom. The third-order valence-corrected chi connectivity index (χ3v) is 6.35. The third kappa shape index (κ3) is 5.16. The summed E-state index contributed by atoms with van der Waals surface area (Å²) in [5, 5.41) is 2.98. The Hall–Kier alpha value is -0.660. The topological polar surface area (TPSA) is 69.7 Å². The maximum atomic E-state index is 12.5. The molecule has 23 heavy (non-hydrogen) atoms. The number of carbonyl (C=O) groups excluding carboxylic acids is 1. The van der Waals surface area contributed by atoms with Gasteiger partial charge in [0.1, 0.15) is 6.04 Å². The van der Waals surface area contributed by atoms with Crippen LogP contribution in [0, 0.1) is 5.92 Å². The van der Waals surface area contributed by atoms with E-state index < -0.39 is 16.1 Å². The second-order valence-electron chi connectivity index (χ2n) is 7.22. The number of piperidine rings is 2. The Morgan fingerprint density at radius 2 is 1.96 bits per heavy atom. The van der Waals surface area contributed by atoms with Gasteiger partial charge in [0.05, 0.1) is 6.26 Å². The average Bonchev–Trinajstić information content (AvgIpc) is 2.51. The Bertz CT molecular complexity index is 509. The van der Waals surface area contributed by atoms with Gasteiger partial charge in [0.2, 0.25) is 15.9 Å². The highest BCUT2D eigenvalue weighted by Gasteiger charge is 2.34. The van der Waals surface area contributed by atoms with E-state index in [1.54, 1.807) is 0 Å². The van der Waals surface area contributed by atoms with E-state index in [4.69, 9.17) is 0 Å². The van der Waals surface area contributed by atoms with Crippen molar-refractivity contribution in [3.63, 3.8) is 0 Å². The van der Waals surface area contributed by atoms with Crippen molar-refractivity contribution in [2.24, 2.45) is 5.92 Å². The van der Waals surface area contributed by atoms with Crippen molar-refractivity contribution < 1.29 is 13.2 Å². The van der Waals surface area contributed by atoms with Crippen LogP contribution in [0.3, 0.4) is 0 Å². The molecule has 0 spiro atoms. The van der Waals surface area contributed by atoms with Gasteiger partial charge in [-0.1, -0.05) is 13.3 Å². The van der Waals surface area contributed by atoms with E-state index in [1.807, 2.05) is 0 Å². The van der Waals surface area contributed by atoms with Gasteiger partial charge in [-0.15, -0.1) is 0 Å². The maximum absolute atomic E-state index is 12.5. The first-order chi connectivity index (χ1) is 10.8. The van der Waals surface area contributed by atoms with Crippen molar-refractivity contribution in [1.29, 1.82) is 0 Å². The Balaban J connectivity index is 1.87. The molecule has 2 aliphatic rings. The number of amides is 1. The summed E-state index contributed by atoms with van der Waals surface area (Å²) < 4.78 is 25.1. The first kappa shape index (κ1) is 18.7. The van der Waals surface area contributed by atoms with Gasteiger partial charge in [0, 0.05) is 25.7 Å². The van der Waals surface area contributed by atoms with Gasteiger partial charge in [-0.2, -0.15) is 4.31 Å². The Kier molecular flexibility index (Phi) is 6.45. The second-order valence-corrected chi connectivity index (χ2v) is 9.16. The zero-order chi connectivity index (χ0) is 17.0. The van der Waals surface area contributed by atoms with Gasteiger partial charge in [0.25, 0.3) is 0 Å². The SMILES string of the molecule is CC1CCCN(C(C)CNC(=O)C2CCCCN2S(C)(=O)=O)C1. The lowest BCUT2D eigenvalue weighted by molar-refractivity contribution is -0.125. The monoisotopic (exact) mass is 345 g/mol. The van der Waals surface area contributed by atoms with Crippen LogP contribution < -0.4 is 5.32 Å². The Labute approximate surface area is 140 Å². The molecule has 7 heteroatoms. The van der Waals surface area contributed by atoms with Crippen molar-refractivity contribution in [3.05, 3.63) is 0 Å². The van der Waals surface area contributed by atoms with E-state index in [0.717, 1.165) is 25.9 Å². The van der Waals surface area contributed by atoms with E-state index >= 15 is 0 Å². The lowest BCUT2D eigenvalue weighted by atomic mass is 9.99. The average molecular weight is 346 g/mol. The van der Waals surface area contributed by atoms with Crippen LogP contribution in [0.25, 0.3) is 0 Å². The summed E-state index contributed by atoms with van der Waals surface area (Å²) in [4.78, 5) is 14.9. The molecule has 134 valence electrons. The van der Waals surface area contributed by atoms with Crippen LogP contribution in [0.2, 0.25) is 0 Å². The number of sulfonamides is 1. The zero-order valence-corrected chi connectivity index (χ0v) is 15.4. The number of hydrogen-bond acceptors (Lipinski definition) is 4. The largest absolute Gasteiger partial charge is 0.353 e. The van der Waals surface area contributed by atoms with E-state index in [9.17, 15) is 13.2 Å². The van der Waals surface area contributed by atoms with E-state index in [2.05, 4.69) is 24.1 Å². The summed E-state index contributed by atoms with van der Waals surface area (Å²) >= 11 is 0. The first-order valence-corrected chi connectivity index (χ1v) is 10.6. The fourth-order valence-electron chi connectivity index (χ4n) is 3.69.